The van der Waals surface area contributed by atoms with Crippen LogP contribution in [0.4, 0.5) is 0 Å². The molecule has 0 heterocycles. The van der Waals surface area contributed by atoms with Crippen LogP contribution < -0.4 is 5.73 Å². The molecule has 0 unspecified atom stereocenters. The Kier molecular flexibility index (Phi) is 14.5. The predicted octanol–water partition coefficient (Wildman–Crippen LogP) is 5.59. The lowest BCUT2D eigenvalue weighted by Gasteiger charge is -2.11. The molecule has 0 aliphatic rings. The Bertz CT molecular complexity index is 211. The fourth-order valence-electron chi connectivity index (χ4n) is 2.84. The quantitative estimate of drug-likeness (QED) is 0.391. The van der Waals surface area contributed by atoms with Crippen LogP contribution in [0.5, 0.6) is 0 Å². The summed E-state index contributed by atoms with van der Waals surface area (Å²) in [5.74, 6) is 0.814. The van der Waals surface area contributed by atoms with E-state index in [9.17, 15) is 4.79 Å². The van der Waals surface area contributed by atoms with E-state index in [1.165, 1.54) is 77.0 Å². The summed E-state index contributed by atoms with van der Waals surface area (Å²) in [5.41, 5.74) is 5.11. The molecule has 120 valence electrons. The van der Waals surface area contributed by atoms with Gasteiger partial charge in [-0.3, -0.25) is 4.79 Å². The Morgan fingerprint density at radius 1 is 0.750 bits per heavy atom. The van der Waals surface area contributed by atoms with E-state index in [0.717, 1.165) is 12.3 Å². The van der Waals surface area contributed by atoms with Gasteiger partial charge in [-0.15, -0.1) is 0 Å². The molecule has 0 aromatic heterocycles. The summed E-state index contributed by atoms with van der Waals surface area (Å²) in [6, 6.07) is 0. The highest BCUT2D eigenvalue weighted by Gasteiger charge is 2.02. The highest BCUT2D eigenvalue weighted by Crippen LogP contribution is 2.18. The van der Waals surface area contributed by atoms with Crippen LogP contribution in [-0.2, 0) is 4.79 Å². The summed E-state index contributed by atoms with van der Waals surface area (Å²) in [7, 11) is 0. The Balaban J connectivity index is 3.08. The third-order valence-corrected chi connectivity index (χ3v) is 4.44. The van der Waals surface area contributed by atoms with Crippen molar-refractivity contribution in [2.24, 2.45) is 11.7 Å². The second-order valence-corrected chi connectivity index (χ2v) is 6.22. The standard InChI is InChI=1S/C18H37NO/c1-3-17(4-2)15-13-11-9-7-5-6-8-10-12-14-16-18(19)20/h17H,3-16H2,1-2H3,(H2,19,20). The molecule has 2 heteroatoms. The van der Waals surface area contributed by atoms with Crippen LogP contribution in [0, 0.1) is 5.92 Å². The van der Waals surface area contributed by atoms with E-state index in [-0.39, 0.29) is 5.91 Å². The van der Waals surface area contributed by atoms with E-state index >= 15 is 0 Å². The molecule has 2 nitrogen and oxygen atoms in total. The van der Waals surface area contributed by atoms with Crippen molar-refractivity contribution < 1.29 is 4.79 Å². The van der Waals surface area contributed by atoms with E-state index in [1.807, 2.05) is 0 Å². The molecule has 0 saturated heterocycles. The summed E-state index contributed by atoms with van der Waals surface area (Å²) in [4.78, 5) is 10.6. The van der Waals surface area contributed by atoms with Crippen LogP contribution in [0.15, 0.2) is 0 Å². The summed E-state index contributed by atoms with van der Waals surface area (Å²) in [6.07, 6.45) is 17.9. The van der Waals surface area contributed by atoms with E-state index in [2.05, 4.69) is 13.8 Å². The third kappa shape index (κ3) is 13.9. The van der Waals surface area contributed by atoms with Gasteiger partial charge in [-0.25, -0.2) is 0 Å². The Morgan fingerprint density at radius 2 is 1.15 bits per heavy atom. The highest BCUT2D eigenvalue weighted by atomic mass is 16.1. The van der Waals surface area contributed by atoms with Crippen LogP contribution in [0.2, 0.25) is 0 Å². The van der Waals surface area contributed by atoms with Gasteiger partial charge in [0.2, 0.25) is 5.91 Å². The first-order chi connectivity index (χ1) is 9.70. The molecule has 0 bridgehead atoms. The van der Waals surface area contributed by atoms with Gasteiger partial charge in [-0.2, -0.15) is 0 Å². The van der Waals surface area contributed by atoms with E-state index in [1.54, 1.807) is 0 Å². The van der Waals surface area contributed by atoms with Gasteiger partial charge < -0.3 is 5.73 Å². The third-order valence-electron chi connectivity index (χ3n) is 4.44. The van der Waals surface area contributed by atoms with Crippen molar-refractivity contribution in [3.05, 3.63) is 0 Å². The number of primary amides is 1. The van der Waals surface area contributed by atoms with Crippen molar-refractivity contribution >= 4 is 5.91 Å². The number of hydrogen-bond donors (Lipinski definition) is 1. The number of amides is 1. The van der Waals surface area contributed by atoms with E-state index in [4.69, 9.17) is 5.73 Å². The maximum Gasteiger partial charge on any atom is 0.217 e. The van der Waals surface area contributed by atoms with Crippen molar-refractivity contribution in [2.75, 3.05) is 0 Å². The largest absolute Gasteiger partial charge is 0.370 e. The van der Waals surface area contributed by atoms with Crippen LogP contribution in [0.25, 0.3) is 0 Å². The van der Waals surface area contributed by atoms with E-state index < -0.39 is 0 Å². The fourth-order valence-corrected chi connectivity index (χ4v) is 2.84. The summed E-state index contributed by atoms with van der Waals surface area (Å²) in [5, 5.41) is 0. The first-order valence-corrected chi connectivity index (χ1v) is 8.99. The zero-order valence-electron chi connectivity index (χ0n) is 14.0. The Labute approximate surface area is 126 Å². The van der Waals surface area contributed by atoms with Gasteiger partial charge in [0.25, 0.3) is 0 Å². The summed E-state index contributed by atoms with van der Waals surface area (Å²) in [6.45, 7) is 4.63. The van der Waals surface area contributed by atoms with Crippen LogP contribution >= 0.6 is 0 Å². The van der Waals surface area contributed by atoms with Crippen LogP contribution in [0.3, 0.4) is 0 Å². The zero-order chi connectivity index (χ0) is 15.1. The molecule has 20 heavy (non-hydrogen) atoms. The lowest BCUT2D eigenvalue weighted by molar-refractivity contribution is -0.118. The molecular formula is C18H37NO. The average Bonchev–Trinajstić information content (AvgIpc) is 2.44. The van der Waals surface area contributed by atoms with Gasteiger partial charge in [0.05, 0.1) is 0 Å². The van der Waals surface area contributed by atoms with Gasteiger partial charge in [0.1, 0.15) is 0 Å². The number of nitrogens with two attached hydrogens (primary N) is 1. The number of carbonyl (C=O) groups is 1. The molecule has 0 rings (SSSR count). The number of hydrogen-bond acceptors (Lipinski definition) is 1. The minimum Gasteiger partial charge on any atom is -0.370 e. The molecule has 2 N–H and O–H groups in total. The van der Waals surface area contributed by atoms with E-state index in [0.29, 0.717) is 6.42 Å². The normalized spacial score (nSPS) is 11.2. The fraction of sp³-hybridized carbons (Fsp3) is 0.944. The van der Waals surface area contributed by atoms with Crippen LogP contribution in [0.1, 0.15) is 104 Å². The van der Waals surface area contributed by atoms with Gasteiger partial charge in [0, 0.05) is 6.42 Å². The van der Waals surface area contributed by atoms with Crippen molar-refractivity contribution in [3.8, 4) is 0 Å². The molecule has 0 aromatic rings. The molecule has 0 spiro atoms. The number of rotatable bonds is 15. The smallest absolute Gasteiger partial charge is 0.217 e. The highest BCUT2D eigenvalue weighted by molar-refractivity contribution is 5.73. The molecule has 0 fully saturated rings. The van der Waals surface area contributed by atoms with Crippen molar-refractivity contribution in [1.82, 2.24) is 0 Å². The second-order valence-electron chi connectivity index (χ2n) is 6.22. The predicted molar refractivity (Wildman–Crippen MR) is 88.7 cm³/mol. The molecule has 1 amide bonds. The monoisotopic (exact) mass is 283 g/mol. The lowest BCUT2D eigenvalue weighted by Crippen LogP contribution is -2.09. The van der Waals surface area contributed by atoms with Crippen molar-refractivity contribution in [3.63, 3.8) is 0 Å². The minimum absolute atomic E-state index is 0.154. The molecular weight excluding hydrogens is 246 g/mol. The minimum atomic E-state index is -0.154. The molecule has 0 radical (unpaired) electrons. The number of unbranched alkanes of at least 4 members (excludes halogenated alkanes) is 9. The van der Waals surface area contributed by atoms with Gasteiger partial charge in [0.15, 0.2) is 0 Å². The van der Waals surface area contributed by atoms with Crippen molar-refractivity contribution in [2.45, 2.75) is 104 Å². The Hall–Kier alpha value is -0.530. The molecule has 0 aliphatic carbocycles. The van der Waals surface area contributed by atoms with Crippen LogP contribution in [-0.4, -0.2) is 5.91 Å². The zero-order valence-corrected chi connectivity index (χ0v) is 14.0. The first-order valence-electron chi connectivity index (χ1n) is 8.99. The van der Waals surface area contributed by atoms with Gasteiger partial charge in [-0.1, -0.05) is 90.9 Å². The maximum atomic E-state index is 10.6. The second kappa shape index (κ2) is 14.9. The maximum absolute atomic E-state index is 10.6. The topological polar surface area (TPSA) is 43.1 Å². The first kappa shape index (κ1) is 19.5. The van der Waals surface area contributed by atoms with Crippen molar-refractivity contribution in [1.29, 1.82) is 0 Å². The molecule has 0 saturated carbocycles. The van der Waals surface area contributed by atoms with Gasteiger partial charge in [-0.05, 0) is 12.3 Å². The molecule has 0 atom stereocenters. The SMILES string of the molecule is CCC(CC)CCCCCCCCCCCCC(N)=O. The summed E-state index contributed by atoms with van der Waals surface area (Å²) >= 11 is 0. The molecule has 0 aliphatic heterocycles. The number of carbonyl (C=O) groups excluding carboxylic acids is 1. The summed E-state index contributed by atoms with van der Waals surface area (Å²) < 4.78 is 0. The lowest BCUT2D eigenvalue weighted by atomic mass is 9.95. The Morgan fingerprint density at radius 3 is 1.55 bits per heavy atom. The molecule has 0 aromatic carbocycles. The van der Waals surface area contributed by atoms with Gasteiger partial charge >= 0.3 is 0 Å². The average molecular weight is 283 g/mol.